The first kappa shape index (κ1) is 41.5. The molecule has 1 nitrogen and oxygen atoms in total. The van der Waals surface area contributed by atoms with Crippen LogP contribution in [0.5, 0.6) is 0 Å². The summed E-state index contributed by atoms with van der Waals surface area (Å²) in [5.41, 5.74) is 19.0. The van der Waals surface area contributed by atoms with Gasteiger partial charge < -0.3 is 4.90 Å². The number of thiophene rings is 1. The van der Waals surface area contributed by atoms with Crippen LogP contribution in [0.3, 0.4) is 0 Å². The summed E-state index contributed by atoms with van der Waals surface area (Å²) in [5, 5.41) is 12.6. The highest BCUT2D eigenvalue weighted by molar-refractivity contribution is 7.26. The average Bonchev–Trinajstić information content (AvgIpc) is 3.99. The van der Waals surface area contributed by atoms with Gasteiger partial charge in [0.15, 0.2) is 0 Å². The number of benzene rings is 12. The second kappa shape index (κ2) is 15.1. The Kier molecular flexibility index (Phi) is 8.70. The summed E-state index contributed by atoms with van der Waals surface area (Å²) in [7, 11) is 0. The topological polar surface area (TPSA) is 3.24 Å². The van der Waals surface area contributed by atoms with Gasteiger partial charge in [0.1, 0.15) is 0 Å². The summed E-state index contributed by atoms with van der Waals surface area (Å²) in [6.45, 7) is 9.54. The van der Waals surface area contributed by atoms with E-state index in [9.17, 15) is 0 Å². The monoisotopic (exact) mass is 935 g/mol. The Hall–Kier alpha value is -8.30. The van der Waals surface area contributed by atoms with Crippen molar-refractivity contribution < 1.29 is 0 Å². The van der Waals surface area contributed by atoms with Crippen LogP contribution < -0.4 is 4.90 Å². The van der Waals surface area contributed by atoms with Crippen LogP contribution >= 0.6 is 11.3 Å². The molecule has 72 heavy (non-hydrogen) atoms. The smallest absolute Gasteiger partial charge is 0.0540 e. The molecule has 0 spiro atoms. The maximum Gasteiger partial charge on any atom is 0.0540 e. The van der Waals surface area contributed by atoms with E-state index in [0.29, 0.717) is 0 Å². The number of hydrogen-bond donors (Lipinski definition) is 0. The van der Waals surface area contributed by atoms with Gasteiger partial charge in [-0.25, -0.2) is 0 Å². The number of hydrogen-bond acceptors (Lipinski definition) is 2. The lowest BCUT2D eigenvalue weighted by molar-refractivity contribution is 0.660. The number of fused-ring (bicyclic) bond motifs is 13. The zero-order valence-corrected chi connectivity index (χ0v) is 41.5. The summed E-state index contributed by atoms with van der Waals surface area (Å²) in [4.78, 5) is 2.55. The molecule has 0 N–H and O–H groups in total. The summed E-state index contributed by atoms with van der Waals surface area (Å²) in [6, 6.07) is 85.1. The van der Waals surface area contributed by atoms with Crippen molar-refractivity contribution in [1.29, 1.82) is 0 Å². The van der Waals surface area contributed by atoms with Crippen molar-refractivity contribution in [2.24, 2.45) is 0 Å². The third kappa shape index (κ3) is 5.76. The van der Waals surface area contributed by atoms with Gasteiger partial charge in [0.05, 0.1) is 5.69 Å². The Morgan fingerprint density at radius 1 is 0.306 bits per heavy atom. The molecule has 12 aromatic carbocycles. The van der Waals surface area contributed by atoms with Gasteiger partial charge >= 0.3 is 0 Å². The van der Waals surface area contributed by atoms with E-state index >= 15 is 0 Å². The van der Waals surface area contributed by atoms with Gasteiger partial charge in [-0.1, -0.05) is 198 Å². The number of anilines is 3. The molecule has 1 aromatic heterocycles. The van der Waals surface area contributed by atoms with Gasteiger partial charge in [0.2, 0.25) is 0 Å². The quantitative estimate of drug-likeness (QED) is 0.155. The lowest BCUT2D eigenvalue weighted by Gasteiger charge is -2.31. The van der Waals surface area contributed by atoms with Crippen molar-refractivity contribution in [1.82, 2.24) is 0 Å². The Morgan fingerprint density at radius 3 is 1.36 bits per heavy atom. The van der Waals surface area contributed by atoms with Crippen LogP contribution in [0.2, 0.25) is 0 Å². The summed E-state index contributed by atoms with van der Waals surface area (Å²) >= 11 is 1.89. The molecule has 0 saturated carbocycles. The minimum absolute atomic E-state index is 0.151. The third-order valence-electron chi connectivity index (χ3n) is 16.6. The fourth-order valence-corrected chi connectivity index (χ4v) is 14.3. The van der Waals surface area contributed by atoms with Crippen LogP contribution in [0.25, 0.3) is 108 Å². The molecule has 13 aromatic rings. The average molecular weight is 936 g/mol. The minimum Gasteiger partial charge on any atom is -0.310 e. The van der Waals surface area contributed by atoms with Crippen molar-refractivity contribution in [3.63, 3.8) is 0 Å². The molecule has 0 radical (unpaired) electrons. The molecule has 0 saturated heterocycles. The number of nitrogens with zero attached hydrogens (tertiary/aromatic N) is 1. The molecular formula is C70H49NS. The highest BCUT2D eigenvalue weighted by atomic mass is 32.1. The highest BCUT2D eigenvalue weighted by Gasteiger charge is 2.38. The molecule has 0 bridgehead atoms. The molecule has 0 amide bonds. The van der Waals surface area contributed by atoms with Crippen molar-refractivity contribution in [3.8, 4) is 44.5 Å². The molecule has 0 unspecified atom stereocenters. The first-order chi connectivity index (χ1) is 35.2. The van der Waals surface area contributed by atoms with E-state index in [0.717, 1.165) is 17.1 Å². The van der Waals surface area contributed by atoms with Crippen LogP contribution in [-0.4, -0.2) is 0 Å². The van der Waals surface area contributed by atoms with Gasteiger partial charge in [-0.05, 0) is 159 Å². The second-order valence-corrected chi connectivity index (χ2v) is 22.2. The lowest BCUT2D eigenvalue weighted by atomic mass is 9.82. The van der Waals surface area contributed by atoms with E-state index in [1.165, 1.54) is 130 Å². The molecule has 0 aliphatic heterocycles. The molecule has 2 aliphatic carbocycles. The van der Waals surface area contributed by atoms with E-state index in [-0.39, 0.29) is 10.8 Å². The van der Waals surface area contributed by atoms with Gasteiger partial charge in [-0.3, -0.25) is 0 Å². The first-order valence-electron chi connectivity index (χ1n) is 25.3. The minimum atomic E-state index is -0.151. The zero-order valence-electron chi connectivity index (χ0n) is 40.7. The molecule has 2 aliphatic rings. The first-order valence-corrected chi connectivity index (χ1v) is 26.1. The molecule has 1 heterocycles. The van der Waals surface area contributed by atoms with Crippen LogP contribution in [-0.2, 0) is 10.8 Å². The maximum absolute atomic E-state index is 2.55. The summed E-state index contributed by atoms with van der Waals surface area (Å²) < 4.78 is 2.63. The molecule has 2 heteroatoms. The van der Waals surface area contributed by atoms with E-state index in [1.807, 2.05) is 11.3 Å². The standard InChI is InChI=1S/C70H49NS/c1-69(2)59-28-14-11-21-47(59)49-34-32-44(40-61(49)69)71(45-33-35-50-48-22-12-15-29-60(48)70(3,4)62(50)41-45)63-37-36-54(46-20-7-8-23-51(46)63)66-52-24-9-10-25-53(52)67(58-39-43-19-6-5-18-42(43)38-57(58)66)56-27-17-31-65-68(56)55-26-13-16-30-64(55)72-65/h5-41H,1-4H3. The fourth-order valence-electron chi connectivity index (χ4n) is 13.2. The molecular weight excluding hydrogens is 887 g/mol. The van der Waals surface area contributed by atoms with Crippen molar-refractivity contribution >= 4 is 91.7 Å². The molecule has 0 atom stereocenters. The Bertz CT molecular complexity index is 4360. The third-order valence-corrected chi connectivity index (χ3v) is 17.8. The van der Waals surface area contributed by atoms with Crippen LogP contribution in [0.4, 0.5) is 17.1 Å². The van der Waals surface area contributed by atoms with Crippen LogP contribution in [0.15, 0.2) is 224 Å². The zero-order chi connectivity index (χ0) is 48.0. The van der Waals surface area contributed by atoms with Crippen LogP contribution in [0, 0.1) is 0 Å². The van der Waals surface area contributed by atoms with Crippen molar-refractivity contribution in [2.75, 3.05) is 4.90 Å². The van der Waals surface area contributed by atoms with Gasteiger partial charge in [0, 0.05) is 47.8 Å². The van der Waals surface area contributed by atoms with E-state index in [2.05, 4.69) is 257 Å². The predicted octanol–water partition coefficient (Wildman–Crippen LogP) is 20.1. The lowest BCUT2D eigenvalue weighted by Crippen LogP contribution is -2.18. The highest BCUT2D eigenvalue weighted by Crippen LogP contribution is 2.55. The largest absolute Gasteiger partial charge is 0.310 e. The number of rotatable bonds is 5. The second-order valence-electron chi connectivity index (χ2n) is 21.1. The SMILES string of the molecule is CC1(C)c2ccccc2-c2ccc(N(c3ccc4c(c3)C(C)(C)c3ccccc3-4)c3ccc(-c4c5ccccc5c(-c5cccc6sc7ccccc7c56)c5cc6ccccc6cc45)c4ccccc34)cc21. The van der Waals surface area contributed by atoms with Crippen LogP contribution in [0.1, 0.15) is 49.9 Å². The molecule has 0 fully saturated rings. The van der Waals surface area contributed by atoms with Gasteiger partial charge in [0.25, 0.3) is 0 Å². The fraction of sp³-hybridized carbons (Fsp3) is 0.0857. The molecule has 340 valence electrons. The van der Waals surface area contributed by atoms with Gasteiger partial charge in [-0.2, -0.15) is 0 Å². The van der Waals surface area contributed by atoms with E-state index < -0.39 is 0 Å². The predicted molar refractivity (Wildman–Crippen MR) is 310 cm³/mol. The van der Waals surface area contributed by atoms with Crippen molar-refractivity contribution in [3.05, 3.63) is 247 Å². The van der Waals surface area contributed by atoms with E-state index in [4.69, 9.17) is 0 Å². The summed E-state index contributed by atoms with van der Waals surface area (Å²) in [5.74, 6) is 0. The normalized spacial score (nSPS) is 14.1. The molecule has 15 rings (SSSR count). The maximum atomic E-state index is 2.55. The van der Waals surface area contributed by atoms with E-state index in [1.54, 1.807) is 0 Å². The van der Waals surface area contributed by atoms with Gasteiger partial charge in [-0.15, -0.1) is 11.3 Å². The summed E-state index contributed by atoms with van der Waals surface area (Å²) in [6.07, 6.45) is 0. The van der Waals surface area contributed by atoms with Crippen molar-refractivity contribution in [2.45, 2.75) is 38.5 Å². The Balaban J connectivity index is 1.01. The Morgan fingerprint density at radius 2 is 0.750 bits per heavy atom. The Labute approximate surface area is 423 Å².